The highest BCUT2D eigenvalue weighted by molar-refractivity contribution is 5.44. The van der Waals surface area contributed by atoms with Crippen molar-refractivity contribution < 1.29 is 9.84 Å². The van der Waals surface area contributed by atoms with Crippen molar-refractivity contribution in [2.24, 2.45) is 0 Å². The molecule has 0 unspecified atom stereocenters. The van der Waals surface area contributed by atoms with Gasteiger partial charge in [0.25, 0.3) is 0 Å². The Labute approximate surface area is 113 Å². The zero-order chi connectivity index (χ0) is 13.5. The first-order valence-corrected chi connectivity index (χ1v) is 6.26. The summed E-state index contributed by atoms with van der Waals surface area (Å²) in [6, 6.07) is 15.3. The van der Waals surface area contributed by atoms with Gasteiger partial charge >= 0.3 is 0 Å². The largest absolute Gasteiger partial charge is 0.494 e. The van der Waals surface area contributed by atoms with Crippen molar-refractivity contribution in [1.29, 1.82) is 0 Å². The van der Waals surface area contributed by atoms with Gasteiger partial charge in [0.05, 0.1) is 13.2 Å². The van der Waals surface area contributed by atoms with E-state index in [0.717, 1.165) is 22.4 Å². The first-order chi connectivity index (χ1) is 9.31. The Morgan fingerprint density at radius 1 is 0.895 bits per heavy atom. The van der Waals surface area contributed by atoms with Gasteiger partial charge in [0.15, 0.2) is 0 Å². The summed E-state index contributed by atoms with van der Waals surface area (Å²) in [5.74, 6) is 7.05. The van der Waals surface area contributed by atoms with Gasteiger partial charge in [0.2, 0.25) is 0 Å². The predicted octanol–water partition coefficient (Wildman–Crippen LogP) is 2.98. The fraction of sp³-hybridized carbons (Fsp3) is 0.176. The molecule has 2 nitrogen and oxygen atoms in total. The van der Waals surface area contributed by atoms with E-state index in [1.807, 2.05) is 55.5 Å². The van der Waals surface area contributed by atoms with E-state index >= 15 is 0 Å². The molecule has 0 saturated heterocycles. The Kier molecular flexibility index (Phi) is 4.60. The highest BCUT2D eigenvalue weighted by Gasteiger charge is 1.92. The van der Waals surface area contributed by atoms with Gasteiger partial charge < -0.3 is 9.84 Å². The molecule has 2 heteroatoms. The van der Waals surface area contributed by atoms with Crippen LogP contribution in [0.15, 0.2) is 48.5 Å². The third-order valence-corrected chi connectivity index (χ3v) is 2.65. The molecule has 0 atom stereocenters. The van der Waals surface area contributed by atoms with E-state index < -0.39 is 0 Å². The van der Waals surface area contributed by atoms with Crippen LogP contribution in [0.5, 0.6) is 5.75 Å². The first kappa shape index (κ1) is 13.2. The van der Waals surface area contributed by atoms with Gasteiger partial charge in [-0.2, -0.15) is 0 Å². The Morgan fingerprint density at radius 3 is 1.89 bits per heavy atom. The Morgan fingerprint density at radius 2 is 1.42 bits per heavy atom. The molecule has 2 rings (SSSR count). The first-order valence-electron chi connectivity index (χ1n) is 6.26. The molecular weight excluding hydrogens is 236 g/mol. The van der Waals surface area contributed by atoms with Gasteiger partial charge in [0.1, 0.15) is 5.75 Å². The fourth-order valence-corrected chi connectivity index (χ4v) is 1.64. The summed E-state index contributed by atoms with van der Waals surface area (Å²) in [4.78, 5) is 0. The van der Waals surface area contributed by atoms with Crippen molar-refractivity contribution in [3.63, 3.8) is 0 Å². The molecule has 0 radical (unpaired) electrons. The number of aliphatic hydroxyl groups is 1. The van der Waals surface area contributed by atoms with Crippen LogP contribution in [0.1, 0.15) is 23.6 Å². The zero-order valence-electron chi connectivity index (χ0n) is 10.9. The molecule has 0 heterocycles. The minimum Gasteiger partial charge on any atom is -0.494 e. The molecule has 2 aromatic rings. The number of hydrogen-bond acceptors (Lipinski definition) is 2. The van der Waals surface area contributed by atoms with Gasteiger partial charge in [-0.1, -0.05) is 24.0 Å². The maximum Gasteiger partial charge on any atom is 0.119 e. The van der Waals surface area contributed by atoms with E-state index in [9.17, 15) is 0 Å². The summed E-state index contributed by atoms with van der Waals surface area (Å²) in [5, 5.41) is 8.96. The summed E-state index contributed by atoms with van der Waals surface area (Å²) in [5.41, 5.74) is 2.78. The maximum absolute atomic E-state index is 8.96. The van der Waals surface area contributed by atoms with Crippen LogP contribution < -0.4 is 4.74 Å². The smallest absolute Gasteiger partial charge is 0.119 e. The van der Waals surface area contributed by atoms with Crippen LogP contribution >= 0.6 is 0 Å². The Bertz CT molecular complexity index is 571. The minimum atomic E-state index is 0.0621. The lowest BCUT2D eigenvalue weighted by molar-refractivity contribution is 0.282. The van der Waals surface area contributed by atoms with Gasteiger partial charge in [-0.05, 0) is 48.9 Å². The number of rotatable bonds is 3. The van der Waals surface area contributed by atoms with Crippen LogP contribution in [-0.2, 0) is 6.61 Å². The van der Waals surface area contributed by atoms with Crippen molar-refractivity contribution >= 4 is 0 Å². The third-order valence-electron chi connectivity index (χ3n) is 2.65. The molecule has 0 saturated carbocycles. The molecule has 0 aliphatic heterocycles. The predicted molar refractivity (Wildman–Crippen MR) is 76.0 cm³/mol. The van der Waals surface area contributed by atoms with Crippen molar-refractivity contribution in [1.82, 2.24) is 0 Å². The normalized spacial score (nSPS) is 9.58. The summed E-state index contributed by atoms with van der Waals surface area (Å²) >= 11 is 0. The van der Waals surface area contributed by atoms with Crippen LogP contribution in [0.2, 0.25) is 0 Å². The number of hydrogen-bond donors (Lipinski definition) is 1. The van der Waals surface area contributed by atoms with Crippen molar-refractivity contribution in [3.8, 4) is 17.6 Å². The molecule has 0 spiro atoms. The second kappa shape index (κ2) is 6.63. The van der Waals surface area contributed by atoms with Crippen LogP contribution in [0.3, 0.4) is 0 Å². The fourth-order valence-electron chi connectivity index (χ4n) is 1.64. The summed E-state index contributed by atoms with van der Waals surface area (Å²) in [6.45, 7) is 2.69. The molecule has 0 aromatic heterocycles. The minimum absolute atomic E-state index is 0.0621. The molecule has 0 aliphatic rings. The van der Waals surface area contributed by atoms with Crippen LogP contribution in [-0.4, -0.2) is 11.7 Å². The van der Waals surface area contributed by atoms with Crippen molar-refractivity contribution in [2.45, 2.75) is 13.5 Å². The zero-order valence-corrected chi connectivity index (χ0v) is 10.9. The van der Waals surface area contributed by atoms with E-state index in [4.69, 9.17) is 9.84 Å². The lowest BCUT2D eigenvalue weighted by Gasteiger charge is -2.01. The lowest BCUT2D eigenvalue weighted by atomic mass is 10.1. The molecule has 0 aliphatic carbocycles. The number of benzene rings is 2. The second-order valence-corrected chi connectivity index (χ2v) is 4.06. The molecule has 2 aromatic carbocycles. The average molecular weight is 252 g/mol. The van der Waals surface area contributed by atoms with Crippen molar-refractivity contribution in [2.75, 3.05) is 6.61 Å². The third kappa shape index (κ3) is 3.87. The van der Waals surface area contributed by atoms with Gasteiger partial charge in [-0.25, -0.2) is 0 Å². The van der Waals surface area contributed by atoms with Gasteiger partial charge in [-0.15, -0.1) is 0 Å². The number of ether oxygens (including phenoxy) is 1. The summed E-state index contributed by atoms with van der Waals surface area (Å²) in [7, 11) is 0. The highest BCUT2D eigenvalue weighted by Crippen LogP contribution is 2.11. The standard InChI is InChI=1S/C17H16O2/c1-2-19-17-11-9-15(10-12-17)4-3-14-5-7-16(13-18)8-6-14/h5-12,18H,2,13H2,1H3. The molecular formula is C17H16O2. The monoisotopic (exact) mass is 252 g/mol. The SMILES string of the molecule is CCOc1ccc(C#Cc2ccc(CO)cc2)cc1. The molecule has 0 bridgehead atoms. The lowest BCUT2D eigenvalue weighted by Crippen LogP contribution is -1.90. The van der Waals surface area contributed by atoms with Crippen LogP contribution in [0, 0.1) is 11.8 Å². The molecule has 0 fully saturated rings. The van der Waals surface area contributed by atoms with Crippen LogP contribution in [0.4, 0.5) is 0 Å². The topological polar surface area (TPSA) is 29.5 Å². The van der Waals surface area contributed by atoms with E-state index in [0.29, 0.717) is 6.61 Å². The molecule has 0 amide bonds. The van der Waals surface area contributed by atoms with E-state index in [-0.39, 0.29) is 6.61 Å². The number of aliphatic hydroxyl groups excluding tert-OH is 1. The molecule has 19 heavy (non-hydrogen) atoms. The molecule has 1 N–H and O–H groups in total. The highest BCUT2D eigenvalue weighted by atomic mass is 16.5. The second-order valence-electron chi connectivity index (χ2n) is 4.06. The quantitative estimate of drug-likeness (QED) is 0.851. The van der Waals surface area contributed by atoms with E-state index in [1.165, 1.54) is 0 Å². The molecule has 96 valence electrons. The maximum atomic E-state index is 8.96. The van der Waals surface area contributed by atoms with Crippen molar-refractivity contribution in [3.05, 3.63) is 65.2 Å². The van der Waals surface area contributed by atoms with E-state index in [2.05, 4.69) is 11.8 Å². The van der Waals surface area contributed by atoms with Gasteiger partial charge in [-0.3, -0.25) is 0 Å². The van der Waals surface area contributed by atoms with Gasteiger partial charge in [0, 0.05) is 11.1 Å². The average Bonchev–Trinajstić information content (AvgIpc) is 2.47. The Hall–Kier alpha value is -2.24. The summed E-state index contributed by atoms with van der Waals surface area (Å²) in [6.07, 6.45) is 0. The van der Waals surface area contributed by atoms with Crippen LogP contribution in [0.25, 0.3) is 0 Å². The van der Waals surface area contributed by atoms with E-state index in [1.54, 1.807) is 0 Å². The Balaban J connectivity index is 2.09. The summed E-state index contributed by atoms with van der Waals surface area (Å²) < 4.78 is 5.38.